The van der Waals surface area contributed by atoms with Crippen molar-refractivity contribution in [2.45, 2.75) is 40.2 Å². The van der Waals surface area contributed by atoms with Crippen LogP contribution >= 0.6 is 11.3 Å². The lowest BCUT2D eigenvalue weighted by atomic mass is 9.84. The number of aryl methyl sites for hydroxylation is 2. The second kappa shape index (κ2) is 10.5. The lowest BCUT2D eigenvalue weighted by molar-refractivity contribution is -0.126. The molecule has 3 aromatic rings. The lowest BCUT2D eigenvalue weighted by Crippen LogP contribution is -2.42. The summed E-state index contributed by atoms with van der Waals surface area (Å²) in [5, 5.41) is 3.79. The third kappa shape index (κ3) is 5.36. The average Bonchev–Trinajstić information content (AvgIpc) is 3.24. The van der Waals surface area contributed by atoms with Gasteiger partial charge in [-0.25, -0.2) is 9.37 Å². The van der Waals surface area contributed by atoms with Crippen LogP contribution in [0.1, 0.15) is 46.3 Å². The highest BCUT2D eigenvalue weighted by molar-refractivity contribution is 7.17. The fraction of sp³-hybridized carbons (Fsp3) is 0.370. The topological polar surface area (TPSA) is 62.3 Å². The van der Waals surface area contributed by atoms with Crippen molar-refractivity contribution in [2.75, 3.05) is 13.1 Å². The quantitative estimate of drug-likeness (QED) is 0.517. The fourth-order valence-electron chi connectivity index (χ4n) is 4.42. The summed E-state index contributed by atoms with van der Waals surface area (Å²) in [6.45, 7) is 7.66. The highest BCUT2D eigenvalue weighted by Crippen LogP contribution is 2.31. The number of hydrogen-bond donors (Lipinski definition) is 1. The summed E-state index contributed by atoms with van der Waals surface area (Å²) in [5.41, 5.74) is 3.80. The zero-order valence-electron chi connectivity index (χ0n) is 19.8. The summed E-state index contributed by atoms with van der Waals surface area (Å²) in [4.78, 5) is 33.0. The van der Waals surface area contributed by atoms with Gasteiger partial charge in [0, 0.05) is 31.1 Å². The first kappa shape index (κ1) is 24.1. The van der Waals surface area contributed by atoms with Crippen LogP contribution in [0.4, 0.5) is 4.39 Å². The van der Waals surface area contributed by atoms with Crippen molar-refractivity contribution in [3.63, 3.8) is 0 Å². The molecule has 0 aliphatic carbocycles. The van der Waals surface area contributed by atoms with Crippen molar-refractivity contribution in [2.24, 2.45) is 11.8 Å². The van der Waals surface area contributed by atoms with E-state index < -0.39 is 0 Å². The first-order valence-corrected chi connectivity index (χ1v) is 12.5. The normalized spacial score (nSPS) is 15.2. The van der Waals surface area contributed by atoms with Crippen LogP contribution in [0.25, 0.3) is 10.6 Å². The minimum Gasteiger partial charge on any atom is -0.352 e. The number of aromatic nitrogens is 1. The van der Waals surface area contributed by atoms with Gasteiger partial charge in [-0.15, -0.1) is 11.3 Å². The largest absolute Gasteiger partial charge is 0.352 e. The number of carbonyl (C=O) groups is 2. The Morgan fingerprint density at radius 2 is 1.79 bits per heavy atom. The van der Waals surface area contributed by atoms with Crippen LogP contribution in [-0.4, -0.2) is 34.8 Å². The fourth-order valence-corrected chi connectivity index (χ4v) is 5.46. The monoisotopic (exact) mass is 479 g/mol. The van der Waals surface area contributed by atoms with Crippen molar-refractivity contribution in [1.29, 1.82) is 0 Å². The smallest absolute Gasteiger partial charge is 0.265 e. The Morgan fingerprint density at radius 3 is 2.47 bits per heavy atom. The molecule has 34 heavy (non-hydrogen) atoms. The molecule has 5 nitrogen and oxygen atoms in total. The maximum absolute atomic E-state index is 13.2. The number of amides is 2. The molecule has 4 rings (SSSR count). The maximum atomic E-state index is 13.2. The van der Waals surface area contributed by atoms with Crippen LogP contribution in [0.15, 0.2) is 48.5 Å². The molecule has 0 saturated carbocycles. The summed E-state index contributed by atoms with van der Waals surface area (Å²) in [6.07, 6.45) is 1.60. The van der Waals surface area contributed by atoms with Gasteiger partial charge in [0.25, 0.3) is 5.91 Å². The van der Waals surface area contributed by atoms with Crippen LogP contribution in [0.5, 0.6) is 0 Å². The van der Waals surface area contributed by atoms with E-state index in [0.717, 1.165) is 29.0 Å². The molecule has 178 valence electrons. The van der Waals surface area contributed by atoms with E-state index in [0.29, 0.717) is 30.2 Å². The first-order chi connectivity index (χ1) is 16.3. The van der Waals surface area contributed by atoms with Gasteiger partial charge in [0.05, 0.1) is 5.69 Å². The van der Waals surface area contributed by atoms with Gasteiger partial charge < -0.3 is 10.2 Å². The van der Waals surface area contributed by atoms with E-state index >= 15 is 0 Å². The second-order valence-corrected chi connectivity index (χ2v) is 10.0. The highest BCUT2D eigenvalue weighted by atomic mass is 32.1. The standard InChI is InChI=1S/C27H30FN3O2S/c1-17-6-4-5-7-22(17)16-29-25(32)18(2)20-12-14-31(15-13-20)27(33)24-19(3)30-26(34-24)21-8-10-23(28)11-9-21/h4-11,18,20H,12-16H2,1-3H3,(H,29,32)/t18-/m0/s1. The molecule has 2 aromatic carbocycles. The van der Waals surface area contributed by atoms with Gasteiger partial charge in [0.15, 0.2) is 0 Å². The molecule has 1 aliphatic rings. The van der Waals surface area contributed by atoms with E-state index in [2.05, 4.69) is 10.3 Å². The minimum atomic E-state index is -0.297. The minimum absolute atomic E-state index is 0.0153. The Balaban J connectivity index is 1.32. The molecule has 0 spiro atoms. The highest BCUT2D eigenvalue weighted by Gasteiger charge is 2.31. The van der Waals surface area contributed by atoms with Gasteiger partial charge in [-0.05, 0) is 68.0 Å². The van der Waals surface area contributed by atoms with Crippen molar-refractivity contribution in [3.05, 3.63) is 76.0 Å². The Morgan fingerprint density at radius 1 is 1.12 bits per heavy atom. The molecular formula is C27H30FN3O2S. The summed E-state index contributed by atoms with van der Waals surface area (Å²) in [7, 11) is 0. The van der Waals surface area contributed by atoms with E-state index in [-0.39, 0.29) is 29.5 Å². The van der Waals surface area contributed by atoms with Gasteiger partial charge in [-0.2, -0.15) is 0 Å². The van der Waals surface area contributed by atoms with Crippen molar-refractivity contribution >= 4 is 23.2 Å². The number of benzene rings is 2. The number of nitrogens with one attached hydrogen (secondary N) is 1. The SMILES string of the molecule is Cc1ccccc1CNC(=O)[C@@H](C)C1CCN(C(=O)c2sc(-c3ccc(F)cc3)nc2C)CC1. The number of thiazole rings is 1. The molecule has 1 aliphatic heterocycles. The number of likely N-dealkylation sites (tertiary alicyclic amines) is 1. The van der Waals surface area contributed by atoms with E-state index in [9.17, 15) is 14.0 Å². The Labute approximate surface area is 204 Å². The van der Waals surface area contributed by atoms with Crippen LogP contribution in [-0.2, 0) is 11.3 Å². The molecule has 7 heteroatoms. The molecule has 1 saturated heterocycles. The third-order valence-corrected chi connectivity index (χ3v) is 7.94. The lowest BCUT2D eigenvalue weighted by Gasteiger charge is -2.34. The Hall–Kier alpha value is -3.06. The molecule has 2 amide bonds. The second-order valence-electron chi connectivity index (χ2n) is 9.00. The predicted molar refractivity (Wildman–Crippen MR) is 133 cm³/mol. The van der Waals surface area contributed by atoms with Crippen LogP contribution in [0, 0.1) is 31.5 Å². The van der Waals surface area contributed by atoms with E-state index in [1.54, 1.807) is 12.1 Å². The molecule has 2 heterocycles. The Bertz CT molecular complexity index is 1170. The summed E-state index contributed by atoms with van der Waals surface area (Å²) >= 11 is 1.35. The average molecular weight is 480 g/mol. The summed E-state index contributed by atoms with van der Waals surface area (Å²) in [6, 6.07) is 14.2. The number of halogens is 1. The molecule has 0 bridgehead atoms. The summed E-state index contributed by atoms with van der Waals surface area (Å²) < 4.78 is 13.2. The number of hydrogen-bond acceptors (Lipinski definition) is 4. The van der Waals surface area contributed by atoms with Gasteiger partial charge in [0.1, 0.15) is 15.7 Å². The maximum Gasteiger partial charge on any atom is 0.265 e. The van der Waals surface area contributed by atoms with Crippen molar-refractivity contribution < 1.29 is 14.0 Å². The molecule has 0 unspecified atom stereocenters. The number of carbonyl (C=O) groups excluding carboxylic acids is 2. The van der Waals surface area contributed by atoms with Gasteiger partial charge >= 0.3 is 0 Å². The number of piperidine rings is 1. The van der Waals surface area contributed by atoms with Gasteiger partial charge in [-0.3, -0.25) is 9.59 Å². The van der Waals surface area contributed by atoms with Crippen LogP contribution < -0.4 is 5.32 Å². The molecule has 1 N–H and O–H groups in total. The van der Waals surface area contributed by atoms with Crippen molar-refractivity contribution in [3.8, 4) is 10.6 Å². The number of rotatable bonds is 6. The van der Waals surface area contributed by atoms with Crippen LogP contribution in [0.3, 0.4) is 0 Å². The zero-order valence-corrected chi connectivity index (χ0v) is 20.6. The summed E-state index contributed by atoms with van der Waals surface area (Å²) in [5.74, 6) is -0.0993. The third-order valence-electron chi connectivity index (χ3n) is 6.74. The number of nitrogens with zero attached hydrogens (tertiary/aromatic N) is 2. The molecular weight excluding hydrogens is 449 g/mol. The van der Waals surface area contributed by atoms with Gasteiger partial charge in [0.2, 0.25) is 5.91 Å². The van der Waals surface area contributed by atoms with Crippen molar-refractivity contribution in [1.82, 2.24) is 15.2 Å². The first-order valence-electron chi connectivity index (χ1n) is 11.7. The van der Waals surface area contributed by atoms with E-state index in [1.807, 2.05) is 49.9 Å². The van der Waals surface area contributed by atoms with E-state index in [4.69, 9.17) is 0 Å². The zero-order chi connectivity index (χ0) is 24.2. The van der Waals surface area contributed by atoms with Crippen LogP contribution in [0.2, 0.25) is 0 Å². The van der Waals surface area contributed by atoms with E-state index in [1.165, 1.54) is 29.0 Å². The van der Waals surface area contributed by atoms with Gasteiger partial charge in [-0.1, -0.05) is 31.2 Å². The predicted octanol–water partition coefficient (Wildman–Crippen LogP) is 5.37. The molecule has 0 radical (unpaired) electrons. The molecule has 1 fully saturated rings. The molecule has 1 aromatic heterocycles. The molecule has 1 atom stereocenters. The Kier molecular flexibility index (Phi) is 7.41.